The lowest BCUT2D eigenvalue weighted by Crippen LogP contribution is -2.42. The molecule has 8 heteroatoms. The summed E-state index contributed by atoms with van der Waals surface area (Å²) in [6.07, 6.45) is 8.42. The minimum Gasteiger partial charge on any atom is -0.457 e. The highest BCUT2D eigenvalue weighted by molar-refractivity contribution is 5.70. The van der Waals surface area contributed by atoms with Crippen LogP contribution >= 0.6 is 0 Å². The van der Waals surface area contributed by atoms with E-state index in [0.717, 1.165) is 18.4 Å². The highest BCUT2D eigenvalue weighted by atomic mass is 16.6. The molecule has 0 unspecified atom stereocenters. The molecule has 2 aliphatic rings. The quantitative estimate of drug-likeness (QED) is 0.201. The van der Waals surface area contributed by atoms with Crippen molar-refractivity contribution in [3.63, 3.8) is 0 Å². The van der Waals surface area contributed by atoms with E-state index in [2.05, 4.69) is 13.8 Å². The molecule has 1 saturated carbocycles. The molecule has 0 radical (unpaired) electrons. The summed E-state index contributed by atoms with van der Waals surface area (Å²) in [5, 5.41) is 32.3. The standard InChI is InChI=1S/C32H52O8/c1-9-27(38-8)22(5)25-18-26(25)30(36)19(2)11-10-12-20(3)31-21(4)13-14-28(39-23(6)33)32(7,37)16-15-24(34)17-29(35)40-31/h10-14,19,21-22,24-28,30-31,34,36-37H,9,15-18H2,1-8H3/b11-10+,14-13+,20-12+/t19-,21-,22-,24+,25+,26-,27-,28-,30+,31+,32+/m0/s1. The molecule has 40 heavy (non-hydrogen) atoms. The van der Waals surface area contributed by atoms with Crippen LogP contribution in [0, 0.1) is 29.6 Å². The van der Waals surface area contributed by atoms with Gasteiger partial charge in [-0.15, -0.1) is 0 Å². The molecule has 1 fully saturated rings. The minimum absolute atomic E-state index is 0.0492. The van der Waals surface area contributed by atoms with Gasteiger partial charge in [0.05, 0.1) is 24.7 Å². The van der Waals surface area contributed by atoms with Gasteiger partial charge in [0.2, 0.25) is 0 Å². The Kier molecular flexibility index (Phi) is 13.1. The topological polar surface area (TPSA) is 123 Å². The molecule has 0 amide bonds. The Balaban J connectivity index is 2.16. The van der Waals surface area contributed by atoms with E-state index in [-0.39, 0.29) is 43.1 Å². The fraction of sp³-hybridized carbons (Fsp3) is 0.750. The number of ether oxygens (including phenoxy) is 3. The predicted octanol–water partition coefficient (Wildman–Crippen LogP) is 4.51. The van der Waals surface area contributed by atoms with E-state index in [1.165, 1.54) is 6.92 Å². The second-order valence-corrected chi connectivity index (χ2v) is 12.2. The molecule has 0 spiro atoms. The van der Waals surface area contributed by atoms with Crippen LogP contribution in [0.3, 0.4) is 0 Å². The number of carbonyl (C=O) groups is 2. The van der Waals surface area contributed by atoms with Gasteiger partial charge in [-0.3, -0.25) is 9.59 Å². The summed E-state index contributed by atoms with van der Waals surface area (Å²) >= 11 is 0. The van der Waals surface area contributed by atoms with Gasteiger partial charge in [-0.05, 0) is 68.9 Å². The largest absolute Gasteiger partial charge is 0.457 e. The highest BCUT2D eigenvalue weighted by Crippen LogP contribution is 2.49. The van der Waals surface area contributed by atoms with Crippen molar-refractivity contribution in [3.05, 3.63) is 36.0 Å². The Hall–Kier alpha value is -2.00. The predicted molar refractivity (Wildman–Crippen MR) is 154 cm³/mol. The van der Waals surface area contributed by atoms with Gasteiger partial charge < -0.3 is 29.5 Å². The Labute approximate surface area is 240 Å². The molecule has 1 heterocycles. The number of cyclic esters (lactones) is 1. The van der Waals surface area contributed by atoms with E-state index in [1.54, 1.807) is 26.2 Å². The molecule has 0 aromatic heterocycles. The highest BCUT2D eigenvalue weighted by Gasteiger charge is 2.48. The molecule has 228 valence electrons. The fourth-order valence-electron chi connectivity index (χ4n) is 5.87. The summed E-state index contributed by atoms with van der Waals surface area (Å²) in [4.78, 5) is 24.3. The smallest absolute Gasteiger partial charge is 0.309 e. The zero-order chi connectivity index (χ0) is 30.2. The summed E-state index contributed by atoms with van der Waals surface area (Å²) in [5.41, 5.74) is -0.625. The average Bonchev–Trinajstić information content (AvgIpc) is 3.68. The molecule has 1 aliphatic carbocycles. The van der Waals surface area contributed by atoms with Gasteiger partial charge in [0.1, 0.15) is 17.8 Å². The van der Waals surface area contributed by atoms with E-state index in [9.17, 15) is 24.9 Å². The van der Waals surface area contributed by atoms with Crippen LogP contribution in [0.4, 0.5) is 0 Å². The molecule has 0 bridgehead atoms. The van der Waals surface area contributed by atoms with E-state index in [0.29, 0.717) is 11.8 Å². The number of allylic oxidation sites excluding steroid dienone is 2. The average molecular weight is 565 g/mol. The first-order valence-corrected chi connectivity index (χ1v) is 14.7. The maximum atomic E-state index is 12.6. The van der Waals surface area contributed by atoms with Crippen LogP contribution in [0.5, 0.6) is 0 Å². The van der Waals surface area contributed by atoms with E-state index in [1.807, 2.05) is 39.0 Å². The Bertz CT molecular complexity index is 918. The van der Waals surface area contributed by atoms with Crippen LogP contribution < -0.4 is 0 Å². The van der Waals surface area contributed by atoms with Gasteiger partial charge in [0.15, 0.2) is 0 Å². The van der Waals surface area contributed by atoms with E-state index >= 15 is 0 Å². The zero-order valence-corrected chi connectivity index (χ0v) is 25.6. The van der Waals surface area contributed by atoms with Gasteiger partial charge in [0, 0.05) is 25.9 Å². The Morgan fingerprint density at radius 1 is 1.25 bits per heavy atom. The van der Waals surface area contributed by atoms with E-state index < -0.39 is 42.0 Å². The lowest BCUT2D eigenvalue weighted by atomic mass is 9.88. The normalized spacial score (nSPS) is 36.0. The summed E-state index contributed by atoms with van der Waals surface area (Å²) in [5.74, 6) is -0.272. The van der Waals surface area contributed by atoms with Crippen molar-refractivity contribution < 1.29 is 39.1 Å². The molecule has 0 saturated heterocycles. The van der Waals surface area contributed by atoms with Gasteiger partial charge in [-0.2, -0.15) is 0 Å². The number of aliphatic hydroxyl groups is 3. The third kappa shape index (κ3) is 9.82. The van der Waals surface area contributed by atoms with Gasteiger partial charge in [-0.25, -0.2) is 0 Å². The van der Waals surface area contributed by atoms with Crippen LogP contribution in [0.2, 0.25) is 0 Å². The molecule has 8 nitrogen and oxygen atoms in total. The van der Waals surface area contributed by atoms with Gasteiger partial charge >= 0.3 is 11.9 Å². The van der Waals surface area contributed by atoms with Crippen LogP contribution in [0.1, 0.15) is 80.6 Å². The summed E-state index contributed by atoms with van der Waals surface area (Å²) in [6, 6.07) is 0. The maximum Gasteiger partial charge on any atom is 0.309 e. The number of carbonyl (C=O) groups excluding carboxylic acids is 2. The first-order chi connectivity index (χ1) is 18.7. The SMILES string of the molecule is CC[C@H](OC)[C@@H](C)[C@H]1C[C@@H]1[C@H](O)[C@@H](C)/C=C/C=C(\C)[C@H]1OC(=O)C[C@H](O)CC[C@@](C)(O)[C@@H](OC(C)=O)/C=C/[C@@H]1C. The molecule has 2 rings (SSSR count). The first-order valence-electron chi connectivity index (χ1n) is 14.7. The number of hydrogen-bond donors (Lipinski definition) is 3. The van der Waals surface area contributed by atoms with Crippen molar-refractivity contribution in [1.29, 1.82) is 0 Å². The third-order valence-electron chi connectivity index (χ3n) is 8.68. The molecular weight excluding hydrogens is 512 g/mol. The Morgan fingerprint density at radius 3 is 2.52 bits per heavy atom. The lowest BCUT2D eigenvalue weighted by molar-refractivity contribution is -0.157. The molecule has 11 atom stereocenters. The lowest BCUT2D eigenvalue weighted by Gasteiger charge is -2.32. The van der Waals surface area contributed by atoms with E-state index in [4.69, 9.17) is 14.2 Å². The summed E-state index contributed by atoms with van der Waals surface area (Å²) in [6.45, 7) is 12.9. The van der Waals surface area contributed by atoms with Crippen molar-refractivity contribution in [2.24, 2.45) is 29.6 Å². The van der Waals surface area contributed by atoms with Crippen molar-refractivity contribution in [3.8, 4) is 0 Å². The number of aliphatic hydroxyl groups excluding tert-OH is 2. The van der Waals surface area contributed by atoms with Crippen LogP contribution in [-0.4, -0.2) is 70.5 Å². The molecule has 1 aliphatic heterocycles. The summed E-state index contributed by atoms with van der Waals surface area (Å²) in [7, 11) is 1.75. The fourth-order valence-corrected chi connectivity index (χ4v) is 5.87. The van der Waals surface area contributed by atoms with Crippen molar-refractivity contribution in [2.45, 2.75) is 117 Å². The van der Waals surface area contributed by atoms with Crippen LogP contribution in [0.15, 0.2) is 36.0 Å². The molecule has 3 N–H and O–H groups in total. The third-order valence-corrected chi connectivity index (χ3v) is 8.68. The number of hydrogen-bond acceptors (Lipinski definition) is 8. The van der Waals surface area contributed by atoms with Crippen LogP contribution in [-0.2, 0) is 23.8 Å². The molecule has 0 aromatic carbocycles. The number of esters is 2. The zero-order valence-electron chi connectivity index (χ0n) is 25.6. The summed E-state index contributed by atoms with van der Waals surface area (Å²) < 4.78 is 16.8. The van der Waals surface area contributed by atoms with Crippen LogP contribution in [0.25, 0.3) is 0 Å². The van der Waals surface area contributed by atoms with Gasteiger partial charge in [-0.1, -0.05) is 52.0 Å². The van der Waals surface area contributed by atoms with Crippen molar-refractivity contribution in [1.82, 2.24) is 0 Å². The first kappa shape index (κ1) is 34.2. The number of methoxy groups -OCH3 is 1. The molecular formula is C32H52O8. The van der Waals surface area contributed by atoms with Crippen molar-refractivity contribution in [2.75, 3.05) is 7.11 Å². The second-order valence-electron chi connectivity index (χ2n) is 12.2. The van der Waals surface area contributed by atoms with Crippen molar-refractivity contribution >= 4 is 11.9 Å². The Morgan fingerprint density at radius 2 is 1.93 bits per heavy atom. The monoisotopic (exact) mass is 564 g/mol. The second kappa shape index (κ2) is 15.3. The van der Waals surface area contributed by atoms with Gasteiger partial charge in [0.25, 0.3) is 0 Å². The minimum atomic E-state index is -1.41. The number of rotatable bonds is 10. The maximum absolute atomic E-state index is 12.6. The molecule has 0 aromatic rings.